The highest BCUT2D eigenvalue weighted by atomic mass is 19.4. The van der Waals surface area contributed by atoms with Crippen molar-refractivity contribution in [2.45, 2.75) is 19.3 Å². The van der Waals surface area contributed by atoms with Crippen molar-refractivity contribution in [3.8, 4) is 17.6 Å². The van der Waals surface area contributed by atoms with Gasteiger partial charge in [-0.05, 0) is 43.3 Å². The molecule has 1 N–H and O–H groups in total. The first-order chi connectivity index (χ1) is 20.3. The van der Waals surface area contributed by atoms with Crippen LogP contribution in [0.2, 0.25) is 0 Å². The van der Waals surface area contributed by atoms with Crippen molar-refractivity contribution < 1.29 is 40.7 Å². The first-order valence-corrected chi connectivity index (χ1v) is 12.9. The fourth-order valence-electron chi connectivity index (χ4n) is 4.07. The van der Waals surface area contributed by atoms with Crippen LogP contribution in [0.5, 0.6) is 5.75 Å². The van der Waals surface area contributed by atoms with Crippen LogP contribution >= 0.6 is 0 Å². The third-order valence-electron chi connectivity index (χ3n) is 6.11. The standard InChI is InChI=1S/C28H24F6N6O3/c1-2-43-22-13-19(15-35-16-22)4-3-18-11-20(14-21(12-18)28(32,33)34)26(42)40-9-7-39(8-10-40)24-6-5-23(37-38-24)25(41)36-17-27(29,30)31/h5-6,11-16H,2,7-10,17H2,1H3,(H,36,41). The largest absolute Gasteiger partial charge is 0.492 e. The number of carbonyl (C=O) groups is 2. The lowest BCUT2D eigenvalue weighted by atomic mass is 10.0. The predicted octanol–water partition coefficient (Wildman–Crippen LogP) is 3.94. The van der Waals surface area contributed by atoms with E-state index in [9.17, 15) is 35.9 Å². The van der Waals surface area contributed by atoms with Crippen LogP contribution in [-0.2, 0) is 6.18 Å². The summed E-state index contributed by atoms with van der Waals surface area (Å²) in [7, 11) is 0. The number of rotatable bonds is 6. The Bertz CT molecular complexity index is 1520. The van der Waals surface area contributed by atoms with Gasteiger partial charge in [-0.1, -0.05) is 11.8 Å². The number of pyridine rings is 1. The molecule has 2 amide bonds. The molecule has 0 atom stereocenters. The molecule has 1 saturated heterocycles. The summed E-state index contributed by atoms with van der Waals surface area (Å²) in [4.78, 5) is 32.2. The zero-order valence-electron chi connectivity index (χ0n) is 22.6. The number of alkyl halides is 6. The van der Waals surface area contributed by atoms with Crippen molar-refractivity contribution in [3.05, 3.63) is 76.7 Å². The van der Waals surface area contributed by atoms with Crippen molar-refractivity contribution >= 4 is 17.6 Å². The molecule has 4 rings (SSSR count). The zero-order valence-corrected chi connectivity index (χ0v) is 22.6. The van der Waals surface area contributed by atoms with E-state index >= 15 is 0 Å². The number of ether oxygens (including phenoxy) is 1. The Hall–Kier alpha value is -4.87. The third kappa shape index (κ3) is 8.57. The lowest BCUT2D eigenvalue weighted by molar-refractivity contribution is -0.137. The van der Waals surface area contributed by atoms with Gasteiger partial charge in [0.1, 0.15) is 12.3 Å². The summed E-state index contributed by atoms with van der Waals surface area (Å²) in [5, 5.41) is 9.26. The van der Waals surface area contributed by atoms with Gasteiger partial charge in [0.05, 0.1) is 18.4 Å². The molecule has 0 aliphatic carbocycles. The molecule has 1 fully saturated rings. The molecular formula is C28H24F6N6O3. The average molecular weight is 607 g/mol. The summed E-state index contributed by atoms with van der Waals surface area (Å²) in [5.74, 6) is 4.56. The Kier molecular flexibility index (Phi) is 9.37. The molecule has 226 valence electrons. The number of piperazine rings is 1. The Balaban J connectivity index is 1.45. The molecule has 1 aromatic carbocycles. The summed E-state index contributed by atoms with van der Waals surface area (Å²) in [6.07, 6.45) is -6.36. The molecule has 0 unspecified atom stereocenters. The quantitative estimate of drug-likeness (QED) is 0.335. The second-order valence-electron chi connectivity index (χ2n) is 9.24. The monoisotopic (exact) mass is 606 g/mol. The maximum atomic E-state index is 13.7. The van der Waals surface area contributed by atoms with Gasteiger partial charge in [-0.25, -0.2) is 0 Å². The summed E-state index contributed by atoms with van der Waals surface area (Å²) in [6.45, 7) is 1.46. The van der Waals surface area contributed by atoms with Crippen molar-refractivity contribution in [1.82, 2.24) is 25.4 Å². The molecule has 3 heterocycles. The van der Waals surface area contributed by atoms with E-state index < -0.39 is 36.3 Å². The molecular weight excluding hydrogens is 582 g/mol. The van der Waals surface area contributed by atoms with Crippen LogP contribution in [0, 0.1) is 11.8 Å². The van der Waals surface area contributed by atoms with E-state index in [0.29, 0.717) is 23.7 Å². The predicted molar refractivity (Wildman–Crippen MR) is 141 cm³/mol. The van der Waals surface area contributed by atoms with Crippen molar-refractivity contribution in [1.29, 1.82) is 0 Å². The SMILES string of the molecule is CCOc1cncc(C#Cc2cc(C(=O)N3CCN(c4ccc(C(=O)NCC(F)(F)F)nn4)CC3)cc(C(F)(F)F)c2)c1. The van der Waals surface area contributed by atoms with Gasteiger partial charge in [-0.3, -0.25) is 14.6 Å². The van der Waals surface area contributed by atoms with E-state index in [1.165, 1.54) is 35.5 Å². The van der Waals surface area contributed by atoms with Crippen LogP contribution in [0.25, 0.3) is 0 Å². The topological polar surface area (TPSA) is 101 Å². The second-order valence-corrected chi connectivity index (χ2v) is 9.24. The molecule has 0 spiro atoms. The molecule has 0 saturated carbocycles. The lowest BCUT2D eigenvalue weighted by Crippen LogP contribution is -2.49. The number of nitrogens with one attached hydrogen (secondary N) is 1. The van der Waals surface area contributed by atoms with Crippen LogP contribution in [0.15, 0.2) is 48.8 Å². The molecule has 1 aliphatic rings. The third-order valence-corrected chi connectivity index (χ3v) is 6.11. The summed E-state index contributed by atoms with van der Waals surface area (Å²) in [6, 6.07) is 7.18. The lowest BCUT2D eigenvalue weighted by Gasteiger charge is -2.35. The molecule has 0 radical (unpaired) electrons. The van der Waals surface area contributed by atoms with Gasteiger partial charge >= 0.3 is 12.4 Å². The Labute approximate surface area is 241 Å². The van der Waals surface area contributed by atoms with Gasteiger partial charge < -0.3 is 19.9 Å². The number of nitrogens with zero attached hydrogens (tertiary/aromatic N) is 5. The van der Waals surface area contributed by atoms with Gasteiger partial charge in [0.2, 0.25) is 0 Å². The number of anilines is 1. The highest BCUT2D eigenvalue weighted by Gasteiger charge is 2.33. The number of amides is 2. The molecule has 3 aromatic rings. The fraction of sp³-hybridized carbons (Fsp3) is 0.321. The van der Waals surface area contributed by atoms with Crippen molar-refractivity contribution in [3.63, 3.8) is 0 Å². The molecule has 1 aliphatic heterocycles. The molecule has 9 nitrogen and oxygen atoms in total. The number of hydrogen-bond acceptors (Lipinski definition) is 7. The smallest absolute Gasteiger partial charge is 0.416 e. The van der Waals surface area contributed by atoms with Gasteiger partial charge in [0.15, 0.2) is 11.5 Å². The maximum absolute atomic E-state index is 13.7. The molecule has 15 heteroatoms. The molecule has 0 bridgehead atoms. The van der Waals surface area contributed by atoms with E-state index in [1.54, 1.807) is 23.2 Å². The van der Waals surface area contributed by atoms with Crippen molar-refractivity contribution in [2.75, 3.05) is 44.2 Å². The van der Waals surface area contributed by atoms with E-state index in [4.69, 9.17) is 4.74 Å². The first-order valence-electron chi connectivity index (χ1n) is 12.9. The highest BCUT2D eigenvalue weighted by Crippen LogP contribution is 2.31. The molecule has 2 aromatic heterocycles. The number of aromatic nitrogens is 3. The van der Waals surface area contributed by atoms with E-state index in [1.807, 2.05) is 0 Å². The van der Waals surface area contributed by atoms with Crippen molar-refractivity contribution in [2.24, 2.45) is 0 Å². The van der Waals surface area contributed by atoms with Crippen LogP contribution in [-0.4, -0.2) is 77.4 Å². The second kappa shape index (κ2) is 13.0. The van der Waals surface area contributed by atoms with Gasteiger partial charge in [0, 0.05) is 49.1 Å². The number of halogens is 6. The van der Waals surface area contributed by atoms with Crippen LogP contribution in [0.3, 0.4) is 0 Å². The Morgan fingerprint density at radius 3 is 2.28 bits per heavy atom. The van der Waals surface area contributed by atoms with Gasteiger partial charge in [0.25, 0.3) is 11.8 Å². The number of hydrogen-bond donors (Lipinski definition) is 1. The summed E-state index contributed by atoms with van der Waals surface area (Å²) in [5.41, 5.74) is -1.08. The fourth-order valence-corrected chi connectivity index (χ4v) is 4.07. The van der Waals surface area contributed by atoms with E-state index in [-0.39, 0.29) is 43.0 Å². The first kappa shape index (κ1) is 31.1. The normalized spacial score (nSPS) is 13.7. The van der Waals surface area contributed by atoms with E-state index in [2.05, 4.69) is 27.0 Å². The van der Waals surface area contributed by atoms with Crippen LogP contribution in [0.4, 0.5) is 32.2 Å². The Morgan fingerprint density at radius 2 is 1.65 bits per heavy atom. The van der Waals surface area contributed by atoms with E-state index in [0.717, 1.165) is 12.1 Å². The zero-order chi connectivity index (χ0) is 31.2. The minimum Gasteiger partial charge on any atom is -0.492 e. The molecule has 43 heavy (non-hydrogen) atoms. The average Bonchev–Trinajstić information content (AvgIpc) is 2.98. The van der Waals surface area contributed by atoms with Crippen LogP contribution in [0.1, 0.15) is 44.5 Å². The number of carbonyl (C=O) groups excluding carboxylic acids is 2. The van der Waals surface area contributed by atoms with Gasteiger partial charge in [-0.15, -0.1) is 10.2 Å². The number of benzene rings is 1. The minimum absolute atomic E-state index is 0.00624. The summed E-state index contributed by atoms with van der Waals surface area (Å²) < 4.78 is 83.3. The highest BCUT2D eigenvalue weighted by molar-refractivity contribution is 5.95. The van der Waals surface area contributed by atoms with Crippen LogP contribution < -0.4 is 15.0 Å². The summed E-state index contributed by atoms with van der Waals surface area (Å²) >= 11 is 0. The minimum atomic E-state index is -4.71. The maximum Gasteiger partial charge on any atom is 0.416 e. The van der Waals surface area contributed by atoms with Gasteiger partial charge in [-0.2, -0.15) is 26.3 Å². The Morgan fingerprint density at radius 1 is 0.930 bits per heavy atom.